The molecule has 210 valence electrons. The molecule has 3 aliphatic rings. The first-order chi connectivity index (χ1) is 19.4. The SMILES string of the molecule is CN1C[C@@H]2C[C@H]1CN2[C@H]1C[C@H](C(=O)Nc2cc(Nc3cc(-c4cc(Cl)ccc4F)nnc3SCCO)ccn2)C1. The lowest BCUT2D eigenvalue weighted by atomic mass is 9.78. The number of rotatable bonds is 9. The lowest BCUT2D eigenvalue weighted by Crippen LogP contribution is -2.54. The van der Waals surface area contributed by atoms with E-state index in [0.717, 1.165) is 25.9 Å². The molecular formula is C28H31ClFN7O2S. The zero-order valence-electron chi connectivity index (χ0n) is 22.1. The van der Waals surface area contributed by atoms with Gasteiger partial charge in [0.2, 0.25) is 5.91 Å². The Morgan fingerprint density at radius 1 is 1.12 bits per heavy atom. The number of piperazine rings is 1. The minimum absolute atomic E-state index is 0.00846. The van der Waals surface area contributed by atoms with E-state index in [0.29, 0.717) is 56.8 Å². The molecule has 3 aromatic rings. The van der Waals surface area contributed by atoms with Gasteiger partial charge in [-0.1, -0.05) is 11.6 Å². The molecule has 3 fully saturated rings. The number of nitrogens with one attached hydrogen (secondary N) is 2. The molecule has 3 N–H and O–H groups in total. The van der Waals surface area contributed by atoms with Crippen LogP contribution < -0.4 is 10.6 Å². The summed E-state index contributed by atoms with van der Waals surface area (Å²) in [5.74, 6) is 0.390. The van der Waals surface area contributed by atoms with Gasteiger partial charge >= 0.3 is 0 Å². The number of thioether (sulfide) groups is 1. The number of aromatic nitrogens is 3. The van der Waals surface area contributed by atoms with Gasteiger partial charge in [0.15, 0.2) is 0 Å². The number of hydrogen-bond donors (Lipinski definition) is 3. The number of nitrogens with zero attached hydrogens (tertiary/aromatic N) is 5. The van der Waals surface area contributed by atoms with E-state index >= 15 is 0 Å². The summed E-state index contributed by atoms with van der Waals surface area (Å²) >= 11 is 7.41. The van der Waals surface area contributed by atoms with Crippen LogP contribution in [-0.2, 0) is 4.79 Å². The minimum Gasteiger partial charge on any atom is -0.396 e. The van der Waals surface area contributed by atoms with Crippen LogP contribution in [0.5, 0.6) is 0 Å². The van der Waals surface area contributed by atoms with E-state index in [9.17, 15) is 14.3 Å². The molecule has 6 rings (SSSR count). The van der Waals surface area contributed by atoms with Gasteiger partial charge in [-0.3, -0.25) is 9.69 Å². The van der Waals surface area contributed by atoms with Crippen molar-refractivity contribution in [1.29, 1.82) is 0 Å². The topological polar surface area (TPSA) is 107 Å². The summed E-state index contributed by atoms with van der Waals surface area (Å²) in [4.78, 5) is 22.4. The molecule has 1 aliphatic carbocycles. The summed E-state index contributed by atoms with van der Waals surface area (Å²) < 4.78 is 14.5. The Kier molecular flexibility index (Phi) is 7.91. The molecule has 12 heteroatoms. The molecule has 0 unspecified atom stereocenters. The number of benzene rings is 1. The second kappa shape index (κ2) is 11.6. The molecule has 1 saturated carbocycles. The Balaban J connectivity index is 1.13. The molecular weight excluding hydrogens is 553 g/mol. The Morgan fingerprint density at radius 2 is 1.98 bits per heavy atom. The summed E-state index contributed by atoms with van der Waals surface area (Å²) in [6.07, 6.45) is 4.63. The van der Waals surface area contributed by atoms with Crippen LogP contribution in [-0.4, -0.2) is 86.6 Å². The fourth-order valence-electron chi connectivity index (χ4n) is 5.92. The lowest BCUT2D eigenvalue weighted by molar-refractivity contribution is -0.125. The summed E-state index contributed by atoms with van der Waals surface area (Å²) in [5, 5.41) is 25.0. The fraction of sp³-hybridized carbons (Fsp3) is 0.429. The van der Waals surface area contributed by atoms with Crippen molar-refractivity contribution in [3.8, 4) is 11.3 Å². The van der Waals surface area contributed by atoms with Crippen LogP contribution in [0, 0.1) is 11.7 Å². The first-order valence-corrected chi connectivity index (χ1v) is 14.8. The monoisotopic (exact) mass is 583 g/mol. The number of carbonyl (C=O) groups is 1. The molecule has 1 amide bonds. The van der Waals surface area contributed by atoms with E-state index in [4.69, 9.17) is 11.6 Å². The summed E-state index contributed by atoms with van der Waals surface area (Å²) in [6.45, 7) is 2.22. The van der Waals surface area contributed by atoms with Gasteiger partial charge < -0.3 is 20.6 Å². The number of amides is 1. The molecule has 2 aromatic heterocycles. The van der Waals surface area contributed by atoms with Crippen molar-refractivity contribution in [3.05, 3.63) is 53.4 Å². The number of pyridine rings is 1. The van der Waals surface area contributed by atoms with Gasteiger partial charge in [-0.2, -0.15) is 0 Å². The van der Waals surface area contributed by atoms with Crippen LogP contribution in [0.3, 0.4) is 0 Å². The average Bonchev–Trinajstić information content (AvgIpc) is 3.48. The number of fused-ring (bicyclic) bond motifs is 2. The highest BCUT2D eigenvalue weighted by Gasteiger charge is 2.48. The molecule has 2 bridgehead atoms. The second-order valence-electron chi connectivity index (χ2n) is 10.7. The van der Waals surface area contributed by atoms with Crippen LogP contribution in [0.2, 0.25) is 5.02 Å². The number of anilines is 3. The third-order valence-electron chi connectivity index (χ3n) is 8.09. The smallest absolute Gasteiger partial charge is 0.228 e. The third kappa shape index (κ3) is 5.66. The van der Waals surface area contributed by atoms with Crippen LogP contribution in [0.4, 0.5) is 21.6 Å². The van der Waals surface area contributed by atoms with Crippen molar-refractivity contribution in [3.63, 3.8) is 0 Å². The molecule has 2 saturated heterocycles. The number of aliphatic hydroxyl groups is 1. The van der Waals surface area contributed by atoms with Crippen LogP contribution in [0.15, 0.2) is 47.6 Å². The maximum Gasteiger partial charge on any atom is 0.228 e. The predicted octanol–water partition coefficient (Wildman–Crippen LogP) is 4.26. The van der Waals surface area contributed by atoms with Crippen molar-refractivity contribution >= 4 is 46.5 Å². The van der Waals surface area contributed by atoms with Crippen LogP contribution >= 0.6 is 23.4 Å². The van der Waals surface area contributed by atoms with E-state index in [1.54, 1.807) is 24.4 Å². The van der Waals surface area contributed by atoms with Gasteiger partial charge in [-0.25, -0.2) is 9.37 Å². The van der Waals surface area contributed by atoms with E-state index in [2.05, 4.69) is 42.7 Å². The Morgan fingerprint density at radius 3 is 2.73 bits per heavy atom. The average molecular weight is 584 g/mol. The molecule has 1 aromatic carbocycles. The summed E-state index contributed by atoms with van der Waals surface area (Å²) in [5.41, 5.74) is 1.80. The van der Waals surface area contributed by atoms with E-state index in [-0.39, 0.29) is 24.0 Å². The van der Waals surface area contributed by atoms with Gasteiger partial charge in [0.1, 0.15) is 16.7 Å². The molecule has 2 aliphatic heterocycles. The van der Waals surface area contributed by atoms with Crippen LogP contribution in [0.25, 0.3) is 11.3 Å². The zero-order chi connectivity index (χ0) is 27.8. The first-order valence-electron chi connectivity index (χ1n) is 13.4. The minimum atomic E-state index is -0.461. The molecule has 40 heavy (non-hydrogen) atoms. The number of likely N-dealkylation sites (tertiary alicyclic amines) is 2. The Bertz CT molecular complexity index is 1410. The quantitative estimate of drug-likeness (QED) is 0.318. The van der Waals surface area contributed by atoms with Gasteiger partial charge in [-0.15, -0.1) is 22.0 Å². The molecule has 0 spiro atoms. The number of aliphatic hydroxyl groups excluding tert-OH is 1. The van der Waals surface area contributed by atoms with Crippen molar-refractivity contribution < 1.29 is 14.3 Å². The highest BCUT2D eigenvalue weighted by atomic mass is 35.5. The Labute approximate surface area is 241 Å². The highest BCUT2D eigenvalue weighted by molar-refractivity contribution is 7.99. The number of hydrogen-bond acceptors (Lipinski definition) is 9. The molecule has 9 nitrogen and oxygen atoms in total. The van der Waals surface area contributed by atoms with Crippen molar-refractivity contribution in [2.45, 2.75) is 42.4 Å². The third-order valence-corrected chi connectivity index (χ3v) is 9.29. The number of halogens is 2. The number of likely N-dealkylation sites (N-methyl/N-ethyl adjacent to an activating group) is 1. The lowest BCUT2D eigenvalue weighted by Gasteiger charge is -2.45. The van der Waals surface area contributed by atoms with Gasteiger partial charge in [0.05, 0.1) is 18.0 Å². The largest absolute Gasteiger partial charge is 0.396 e. The van der Waals surface area contributed by atoms with Gasteiger partial charge in [0, 0.05) is 71.4 Å². The van der Waals surface area contributed by atoms with Crippen LogP contribution in [0.1, 0.15) is 19.3 Å². The molecule has 4 heterocycles. The summed E-state index contributed by atoms with van der Waals surface area (Å²) in [6, 6.07) is 11.3. The summed E-state index contributed by atoms with van der Waals surface area (Å²) in [7, 11) is 2.20. The number of carbonyl (C=O) groups excluding carboxylic acids is 1. The van der Waals surface area contributed by atoms with E-state index in [1.165, 1.54) is 36.4 Å². The molecule has 2 atom stereocenters. The van der Waals surface area contributed by atoms with Gasteiger partial charge in [-0.05, 0) is 56.6 Å². The normalized spacial score (nSPS) is 24.2. The first kappa shape index (κ1) is 27.3. The van der Waals surface area contributed by atoms with Crippen molar-refractivity contribution in [1.82, 2.24) is 25.0 Å². The van der Waals surface area contributed by atoms with Gasteiger partial charge in [0.25, 0.3) is 0 Å². The Hall–Kier alpha value is -2.83. The second-order valence-corrected chi connectivity index (χ2v) is 12.2. The highest BCUT2D eigenvalue weighted by Crippen LogP contribution is 2.40. The zero-order valence-corrected chi connectivity index (χ0v) is 23.6. The van der Waals surface area contributed by atoms with E-state index < -0.39 is 5.82 Å². The fourth-order valence-corrected chi connectivity index (χ4v) is 6.74. The maximum atomic E-state index is 14.5. The standard InChI is InChI=1S/C28H31ClFN7O2S/c1-36-14-21-12-20(36)15-37(21)19-8-16(9-19)27(39)33-26-11-18(4-5-31-26)32-25-13-24(34-35-28(25)40-7-6-38)22-10-17(29)2-3-23(22)30/h2-5,10-11,13,16,19-21,38H,6-9,12,14-15H2,1H3,(H2,31,32,33,34,39)/t16-,19-,20-,21-/m0/s1. The van der Waals surface area contributed by atoms with E-state index in [1.807, 2.05) is 0 Å². The van der Waals surface area contributed by atoms with Crippen molar-refractivity contribution in [2.75, 3.05) is 43.1 Å². The maximum absolute atomic E-state index is 14.5. The van der Waals surface area contributed by atoms with Crippen molar-refractivity contribution in [2.24, 2.45) is 5.92 Å². The predicted molar refractivity (Wildman–Crippen MR) is 154 cm³/mol. The molecule has 0 radical (unpaired) electrons.